The summed E-state index contributed by atoms with van der Waals surface area (Å²) in [6, 6.07) is 2.05. The zero-order valence-electron chi connectivity index (χ0n) is 11.2. The molecule has 0 spiro atoms. The highest BCUT2D eigenvalue weighted by atomic mass is 32.1. The molecule has 0 atom stereocenters. The van der Waals surface area contributed by atoms with Gasteiger partial charge in [-0.3, -0.25) is 0 Å². The maximum atomic E-state index is 11.6. The highest BCUT2D eigenvalue weighted by Gasteiger charge is 2.24. The van der Waals surface area contributed by atoms with Gasteiger partial charge in [0.05, 0.1) is 19.4 Å². The quantitative estimate of drug-likeness (QED) is 0.795. The van der Waals surface area contributed by atoms with Gasteiger partial charge in [-0.2, -0.15) is 5.26 Å². The molecule has 0 bridgehead atoms. The van der Waals surface area contributed by atoms with Crippen LogP contribution in [0.2, 0.25) is 0 Å². The molecule has 1 aromatic heterocycles. The van der Waals surface area contributed by atoms with Crippen molar-refractivity contribution in [1.82, 2.24) is 0 Å². The fourth-order valence-corrected chi connectivity index (χ4v) is 2.79. The number of ether oxygens (including phenoxy) is 2. The highest BCUT2D eigenvalue weighted by Crippen LogP contribution is 2.38. The molecule has 2 N–H and O–H groups in total. The molecule has 0 saturated heterocycles. The summed E-state index contributed by atoms with van der Waals surface area (Å²) in [4.78, 5) is 13.8. The van der Waals surface area contributed by atoms with E-state index in [2.05, 4.69) is 4.74 Å². The Morgan fingerprint density at radius 2 is 2.21 bits per heavy atom. The number of nitrogen functional groups attached to an aromatic ring is 1. The van der Waals surface area contributed by atoms with Crippen molar-refractivity contribution in [3.05, 3.63) is 10.4 Å². The Labute approximate surface area is 116 Å². The van der Waals surface area contributed by atoms with Crippen molar-refractivity contribution in [2.24, 2.45) is 0 Å². The molecule has 6 nitrogen and oxygen atoms in total. The molecule has 1 rings (SSSR count). The third-order valence-electron chi connectivity index (χ3n) is 2.64. The van der Waals surface area contributed by atoms with Crippen molar-refractivity contribution >= 4 is 28.0 Å². The molecule has 0 aliphatic heterocycles. The summed E-state index contributed by atoms with van der Waals surface area (Å²) >= 11 is 1.17. The van der Waals surface area contributed by atoms with Crippen molar-refractivity contribution < 1.29 is 14.3 Å². The average Bonchev–Trinajstić information content (AvgIpc) is 2.76. The van der Waals surface area contributed by atoms with Crippen molar-refractivity contribution in [2.75, 3.05) is 44.5 Å². The van der Waals surface area contributed by atoms with E-state index in [0.29, 0.717) is 30.3 Å². The van der Waals surface area contributed by atoms with Gasteiger partial charge < -0.3 is 20.1 Å². The zero-order valence-corrected chi connectivity index (χ0v) is 12.0. The lowest BCUT2D eigenvalue weighted by Gasteiger charge is -2.20. The minimum Gasteiger partial charge on any atom is -0.465 e. The van der Waals surface area contributed by atoms with Crippen LogP contribution in [0.15, 0.2) is 0 Å². The molecule has 0 radical (unpaired) electrons. The van der Waals surface area contributed by atoms with Crippen LogP contribution in [0.25, 0.3) is 0 Å². The maximum absolute atomic E-state index is 11.6. The van der Waals surface area contributed by atoms with Crippen LogP contribution in [0.3, 0.4) is 0 Å². The average molecular weight is 283 g/mol. The van der Waals surface area contributed by atoms with Gasteiger partial charge in [0.15, 0.2) is 0 Å². The van der Waals surface area contributed by atoms with Crippen LogP contribution in [0, 0.1) is 11.3 Å². The van der Waals surface area contributed by atoms with E-state index in [1.54, 1.807) is 7.11 Å². The van der Waals surface area contributed by atoms with Gasteiger partial charge in [0.2, 0.25) is 0 Å². The molecular weight excluding hydrogens is 266 g/mol. The Hall–Kier alpha value is -1.78. The number of nitrogens with zero attached hydrogens (tertiary/aromatic N) is 2. The first-order valence-electron chi connectivity index (χ1n) is 5.75. The molecule has 0 aliphatic rings. The summed E-state index contributed by atoms with van der Waals surface area (Å²) in [5.74, 6) is -0.520. The van der Waals surface area contributed by atoms with E-state index in [4.69, 9.17) is 10.5 Å². The second-order valence-corrected chi connectivity index (χ2v) is 4.70. The summed E-state index contributed by atoms with van der Waals surface area (Å²) in [6.07, 6.45) is 0. The largest absolute Gasteiger partial charge is 0.465 e. The zero-order chi connectivity index (χ0) is 14.4. The second-order valence-electron chi connectivity index (χ2n) is 3.70. The van der Waals surface area contributed by atoms with Gasteiger partial charge in [0, 0.05) is 20.2 Å². The predicted octanol–water partition coefficient (Wildman–Crippen LogP) is 1.46. The number of likely N-dealkylation sites (N-methyl/N-ethyl adjacent to an activating group) is 1. The van der Waals surface area contributed by atoms with Gasteiger partial charge in [-0.1, -0.05) is 0 Å². The first-order valence-corrected chi connectivity index (χ1v) is 6.56. The van der Waals surface area contributed by atoms with Crippen molar-refractivity contribution in [1.29, 1.82) is 5.26 Å². The van der Waals surface area contributed by atoms with Crippen LogP contribution in [0.5, 0.6) is 0 Å². The third kappa shape index (κ3) is 3.16. The molecule has 7 heteroatoms. The van der Waals surface area contributed by atoms with Crippen LogP contribution in [0.1, 0.15) is 22.2 Å². The van der Waals surface area contributed by atoms with Gasteiger partial charge in [-0.15, -0.1) is 11.3 Å². The van der Waals surface area contributed by atoms with Gasteiger partial charge in [-0.25, -0.2) is 4.79 Å². The lowest BCUT2D eigenvalue weighted by atomic mass is 10.2. The fourth-order valence-electron chi connectivity index (χ4n) is 1.61. The predicted molar refractivity (Wildman–Crippen MR) is 74.5 cm³/mol. The molecule has 1 aromatic rings. The van der Waals surface area contributed by atoms with E-state index in [-0.39, 0.29) is 10.6 Å². The summed E-state index contributed by atoms with van der Waals surface area (Å²) in [6.45, 7) is 3.81. The van der Waals surface area contributed by atoms with Gasteiger partial charge in [0.25, 0.3) is 0 Å². The number of hydrogen-bond donors (Lipinski definition) is 1. The number of anilines is 2. The van der Waals surface area contributed by atoms with Crippen LogP contribution in [0.4, 0.5) is 10.7 Å². The topological polar surface area (TPSA) is 88.6 Å². The van der Waals surface area contributed by atoms with E-state index in [1.165, 1.54) is 18.4 Å². The van der Waals surface area contributed by atoms with Crippen LogP contribution >= 0.6 is 11.3 Å². The normalized spacial score (nSPS) is 10.0. The molecule has 19 heavy (non-hydrogen) atoms. The molecular formula is C12H17N3O3S. The third-order valence-corrected chi connectivity index (χ3v) is 3.89. The van der Waals surface area contributed by atoms with E-state index in [9.17, 15) is 10.1 Å². The first kappa shape index (κ1) is 15.3. The summed E-state index contributed by atoms with van der Waals surface area (Å²) in [5, 5.41) is 9.88. The Morgan fingerprint density at radius 1 is 1.53 bits per heavy atom. The van der Waals surface area contributed by atoms with E-state index < -0.39 is 5.97 Å². The number of carbonyl (C=O) groups is 1. The number of nitrogens with two attached hydrogens (primary N) is 1. The molecule has 0 fully saturated rings. The van der Waals surface area contributed by atoms with Crippen LogP contribution in [-0.4, -0.2) is 39.9 Å². The van der Waals surface area contributed by atoms with Gasteiger partial charge >= 0.3 is 5.97 Å². The number of nitriles is 1. The number of hydrogen-bond acceptors (Lipinski definition) is 7. The second kappa shape index (κ2) is 6.97. The van der Waals surface area contributed by atoms with E-state index >= 15 is 0 Å². The maximum Gasteiger partial charge on any atom is 0.350 e. The Kier molecular flexibility index (Phi) is 5.60. The van der Waals surface area contributed by atoms with Gasteiger partial charge in [0.1, 0.15) is 21.5 Å². The molecule has 1 heterocycles. The van der Waals surface area contributed by atoms with Crippen molar-refractivity contribution in [3.63, 3.8) is 0 Å². The number of rotatable bonds is 6. The van der Waals surface area contributed by atoms with Crippen molar-refractivity contribution in [3.8, 4) is 6.07 Å². The Morgan fingerprint density at radius 3 is 2.68 bits per heavy atom. The van der Waals surface area contributed by atoms with E-state index in [1.807, 2.05) is 17.9 Å². The highest BCUT2D eigenvalue weighted by molar-refractivity contribution is 7.18. The first-order chi connectivity index (χ1) is 9.10. The van der Waals surface area contributed by atoms with Gasteiger partial charge in [-0.05, 0) is 6.92 Å². The summed E-state index contributed by atoms with van der Waals surface area (Å²) in [7, 11) is 2.90. The molecule has 0 aromatic carbocycles. The van der Waals surface area contributed by atoms with Crippen LogP contribution in [-0.2, 0) is 9.47 Å². The fraction of sp³-hybridized carbons (Fsp3) is 0.500. The molecule has 104 valence electrons. The molecule has 0 unspecified atom stereocenters. The minimum atomic E-state index is -0.520. The summed E-state index contributed by atoms with van der Waals surface area (Å²) < 4.78 is 9.70. The number of thiophene rings is 1. The molecule has 0 saturated carbocycles. The minimum absolute atomic E-state index is 0.185. The monoisotopic (exact) mass is 283 g/mol. The SMILES string of the molecule is CCN(CCOC)c1sc(C(=O)OC)c(N)c1C#N. The number of methoxy groups -OCH3 is 2. The van der Waals surface area contributed by atoms with Crippen molar-refractivity contribution in [2.45, 2.75) is 6.92 Å². The Bertz CT molecular complexity index is 493. The summed E-state index contributed by atoms with van der Waals surface area (Å²) in [5.41, 5.74) is 6.35. The number of esters is 1. The standard InChI is InChI=1S/C12H17N3O3S/c1-4-15(5-6-17-2)11-8(7-13)9(14)10(19-11)12(16)18-3/h4-6,14H2,1-3H3. The van der Waals surface area contributed by atoms with Crippen LogP contribution < -0.4 is 10.6 Å². The molecule has 0 aliphatic carbocycles. The smallest absolute Gasteiger partial charge is 0.350 e. The number of carbonyl (C=O) groups excluding carboxylic acids is 1. The lowest BCUT2D eigenvalue weighted by molar-refractivity contribution is 0.0607. The lowest BCUT2D eigenvalue weighted by Crippen LogP contribution is -2.26. The van der Waals surface area contributed by atoms with E-state index in [0.717, 1.165) is 0 Å². The Balaban J connectivity index is 3.19. The molecule has 0 amide bonds.